The highest BCUT2D eigenvalue weighted by molar-refractivity contribution is 5.93. The van der Waals surface area contributed by atoms with E-state index in [1.54, 1.807) is 26.4 Å². The van der Waals surface area contributed by atoms with E-state index in [1.807, 2.05) is 6.07 Å². The monoisotopic (exact) mass is 235 g/mol. The van der Waals surface area contributed by atoms with Crippen molar-refractivity contribution in [1.82, 2.24) is 15.2 Å². The van der Waals surface area contributed by atoms with Gasteiger partial charge < -0.3 is 15.0 Å². The van der Waals surface area contributed by atoms with Gasteiger partial charge in [-0.3, -0.25) is 9.78 Å². The van der Waals surface area contributed by atoms with Crippen LogP contribution in [0.4, 0.5) is 0 Å². The summed E-state index contributed by atoms with van der Waals surface area (Å²) < 4.78 is 5.59. The minimum absolute atomic E-state index is 0.00717. The molecule has 1 fully saturated rings. The number of nitrogens with zero attached hydrogens (tertiary/aromatic N) is 2. The van der Waals surface area contributed by atoms with E-state index in [4.69, 9.17) is 4.74 Å². The predicted molar refractivity (Wildman–Crippen MR) is 63.8 cm³/mol. The van der Waals surface area contributed by atoms with Crippen LogP contribution in [0.5, 0.6) is 0 Å². The lowest BCUT2D eigenvalue weighted by Crippen LogP contribution is -2.33. The summed E-state index contributed by atoms with van der Waals surface area (Å²) in [6.45, 7) is 2.35. The van der Waals surface area contributed by atoms with Crippen LogP contribution in [0.2, 0.25) is 0 Å². The van der Waals surface area contributed by atoms with Crippen LogP contribution in [-0.2, 0) is 4.74 Å². The van der Waals surface area contributed by atoms with E-state index in [9.17, 15) is 4.79 Å². The van der Waals surface area contributed by atoms with Gasteiger partial charge in [-0.05, 0) is 12.1 Å². The summed E-state index contributed by atoms with van der Waals surface area (Å²) in [5, 5.41) is 3.25. The molecule has 5 nitrogen and oxygen atoms in total. The molecule has 0 aliphatic carbocycles. The fourth-order valence-corrected chi connectivity index (χ4v) is 1.74. The molecule has 17 heavy (non-hydrogen) atoms. The number of amides is 1. The van der Waals surface area contributed by atoms with Crippen molar-refractivity contribution in [1.29, 1.82) is 0 Å². The quantitative estimate of drug-likeness (QED) is 0.808. The second-order valence-corrected chi connectivity index (χ2v) is 4.23. The van der Waals surface area contributed by atoms with Gasteiger partial charge >= 0.3 is 0 Å². The second-order valence-electron chi connectivity index (χ2n) is 4.23. The largest absolute Gasteiger partial charge is 0.369 e. The Morgan fingerprint density at radius 3 is 2.88 bits per heavy atom. The smallest absolute Gasteiger partial charge is 0.254 e. The Balaban J connectivity index is 2.09. The van der Waals surface area contributed by atoms with Crippen molar-refractivity contribution >= 4 is 5.91 Å². The molecule has 0 bridgehead atoms. The summed E-state index contributed by atoms with van der Waals surface area (Å²) in [4.78, 5) is 17.5. The summed E-state index contributed by atoms with van der Waals surface area (Å²) in [5.41, 5.74) is 1.47. The summed E-state index contributed by atoms with van der Waals surface area (Å²) in [5.74, 6) is -0.0354. The van der Waals surface area contributed by atoms with Gasteiger partial charge in [0.25, 0.3) is 5.91 Å². The topological polar surface area (TPSA) is 54.5 Å². The SMILES string of the molecule is CN(C)C(=O)c1ccc([C@H]2CNCCO2)nc1. The van der Waals surface area contributed by atoms with Crippen LogP contribution >= 0.6 is 0 Å². The normalized spacial score (nSPS) is 20.0. The number of nitrogens with one attached hydrogen (secondary N) is 1. The second kappa shape index (κ2) is 5.25. The van der Waals surface area contributed by atoms with Gasteiger partial charge in [0, 0.05) is 33.4 Å². The van der Waals surface area contributed by atoms with Crippen molar-refractivity contribution in [3.8, 4) is 0 Å². The molecular weight excluding hydrogens is 218 g/mol. The average Bonchev–Trinajstić information content (AvgIpc) is 2.39. The van der Waals surface area contributed by atoms with Crippen LogP contribution in [0.1, 0.15) is 22.2 Å². The Bertz CT molecular complexity index is 383. The molecule has 1 amide bonds. The van der Waals surface area contributed by atoms with E-state index in [0.29, 0.717) is 12.2 Å². The fraction of sp³-hybridized carbons (Fsp3) is 0.500. The maximum atomic E-state index is 11.7. The number of aromatic nitrogens is 1. The van der Waals surface area contributed by atoms with Gasteiger partial charge in [0.1, 0.15) is 6.10 Å². The summed E-state index contributed by atoms with van der Waals surface area (Å²) in [6.07, 6.45) is 1.60. The van der Waals surface area contributed by atoms with Crippen molar-refractivity contribution in [2.24, 2.45) is 0 Å². The third-order valence-corrected chi connectivity index (χ3v) is 2.70. The first-order valence-corrected chi connectivity index (χ1v) is 5.68. The standard InChI is InChI=1S/C12H17N3O2/c1-15(2)12(16)9-3-4-10(14-7-9)11-8-13-5-6-17-11/h3-4,7,11,13H,5-6,8H2,1-2H3/t11-/m1/s1. The highest BCUT2D eigenvalue weighted by Gasteiger charge is 2.17. The molecule has 0 aromatic carbocycles. The van der Waals surface area contributed by atoms with Crippen molar-refractivity contribution in [3.63, 3.8) is 0 Å². The Morgan fingerprint density at radius 2 is 2.35 bits per heavy atom. The van der Waals surface area contributed by atoms with E-state index < -0.39 is 0 Å². The Labute approximate surface area is 101 Å². The van der Waals surface area contributed by atoms with E-state index >= 15 is 0 Å². The lowest BCUT2D eigenvalue weighted by Gasteiger charge is -2.23. The summed E-state index contributed by atoms with van der Waals surface area (Å²) in [6, 6.07) is 3.65. The van der Waals surface area contributed by atoms with Crippen molar-refractivity contribution in [2.75, 3.05) is 33.8 Å². The first-order valence-electron chi connectivity index (χ1n) is 5.68. The molecule has 1 aromatic heterocycles. The molecule has 0 radical (unpaired) electrons. The Hall–Kier alpha value is -1.46. The molecular formula is C12H17N3O2. The Kier molecular flexibility index (Phi) is 3.71. The number of carbonyl (C=O) groups excluding carboxylic acids is 1. The molecule has 0 spiro atoms. The maximum Gasteiger partial charge on any atom is 0.254 e. The van der Waals surface area contributed by atoms with E-state index in [1.165, 1.54) is 4.90 Å². The molecule has 1 N–H and O–H groups in total. The lowest BCUT2D eigenvalue weighted by molar-refractivity contribution is 0.0250. The van der Waals surface area contributed by atoms with E-state index in [-0.39, 0.29) is 12.0 Å². The molecule has 1 aliphatic heterocycles. The third kappa shape index (κ3) is 2.81. The number of morpholine rings is 1. The van der Waals surface area contributed by atoms with Crippen LogP contribution in [0.15, 0.2) is 18.3 Å². The maximum absolute atomic E-state index is 11.7. The minimum atomic E-state index is -0.0354. The zero-order chi connectivity index (χ0) is 12.3. The third-order valence-electron chi connectivity index (χ3n) is 2.70. The highest BCUT2D eigenvalue weighted by Crippen LogP contribution is 2.16. The van der Waals surface area contributed by atoms with Crippen LogP contribution < -0.4 is 5.32 Å². The zero-order valence-electron chi connectivity index (χ0n) is 10.1. The number of hydrogen-bond donors (Lipinski definition) is 1. The fourth-order valence-electron chi connectivity index (χ4n) is 1.74. The number of rotatable bonds is 2. The van der Waals surface area contributed by atoms with Gasteiger partial charge in [0.2, 0.25) is 0 Å². The zero-order valence-corrected chi connectivity index (χ0v) is 10.1. The van der Waals surface area contributed by atoms with Gasteiger partial charge in [0.15, 0.2) is 0 Å². The number of carbonyl (C=O) groups is 1. The van der Waals surface area contributed by atoms with Crippen LogP contribution in [0, 0.1) is 0 Å². The molecule has 5 heteroatoms. The van der Waals surface area contributed by atoms with E-state index in [0.717, 1.165) is 18.8 Å². The Morgan fingerprint density at radius 1 is 1.53 bits per heavy atom. The van der Waals surface area contributed by atoms with Crippen molar-refractivity contribution in [2.45, 2.75) is 6.10 Å². The first-order chi connectivity index (χ1) is 8.18. The molecule has 1 atom stereocenters. The molecule has 0 unspecified atom stereocenters. The number of pyridine rings is 1. The minimum Gasteiger partial charge on any atom is -0.369 e. The molecule has 1 saturated heterocycles. The van der Waals surface area contributed by atoms with Gasteiger partial charge in [-0.1, -0.05) is 0 Å². The van der Waals surface area contributed by atoms with E-state index in [2.05, 4.69) is 10.3 Å². The highest BCUT2D eigenvalue weighted by atomic mass is 16.5. The van der Waals surface area contributed by atoms with Crippen molar-refractivity contribution < 1.29 is 9.53 Å². The van der Waals surface area contributed by atoms with Gasteiger partial charge in [-0.2, -0.15) is 0 Å². The number of ether oxygens (including phenoxy) is 1. The summed E-state index contributed by atoms with van der Waals surface area (Å²) in [7, 11) is 3.45. The van der Waals surface area contributed by atoms with Crippen molar-refractivity contribution in [3.05, 3.63) is 29.6 Å². The number of hydrogen-bond acceptors (Lipinski definition) is 4. The van der Waals surface area contributed by atoms with Gasteiger partial charge in [-0.15, -0.1) is 0 Å². The average molecular weight is 235 g/mol. The van der Waals surface area contributed by atoms with Crippen LogP contribution in [0.25, 0.3) is 0 Å². The molecule has 1 aliphatic rings. The first kappa shape index (κ1) is 12.0. The van der Waals surface area contributed by atoms with Crippen LogP contribution in [0.3, 0.4) is 0 Å². The molecule has 2 rings (SSSR count). The lowest BCUT2D eigenvalue weighted by atomic mass is 10.1. The molecule has 1 aromatic rings. The summed E-state index contributed by atoms with van der Waals surface area (Å²) >= 11 is 0. The van der Waals surface area contributed by atoms with Gasteiger partial charge in [0.05, 0.1) is 17.9 Å². The molecule has 2 heterocycles. The molecule has 0 saturated carbocycles. The van der Waals surface area contributed by atoms with Gasteiger partial charge in [-0.25, -0.2) is 0 Å². The van der Waals surface area contributed by atoms with Crippen LogP contribution in [-0.4, -0.2) is 49.6 Å². The molecule has 92 valence electrons. The predicted octanol–water partition coefficient (Wildman–Crippen LogP) is 0.444.